The van der Waals surface area contributed by atoms with Crippen molar-refractivity contribution >= 4 is 28.6 Å². The van der Waals surface area contributed by atoms with E-state index in [0.717, 1.165) is 41.0 Å². The van der Waals surface area contributed by atoms with Gasteiger partial charge in [0.25, 0.3) is 5.91 Å². The van der Waals surface area contributed by atoms with Gasteiger partial charge in [-0.2, -0.15) is 5.10 Å². The van der Waals surface area contributed by atoms with Gasteiger partial charge >= 0.3 is 5.76 Å². The quantitative estimate of drug-likeness (QED) is 0.180. The zero-order valence-electron chi connectivity index (χ0n) is 36.0. The molecule has 0 bridgehead atoms. The largest absolute Gasteiger partial charge is 0.438 e. The Hall–Kier alpha value is -6.59. The van der Waals surface area contributed by atoms with Gasteiger partial charge in [-0.3, -0.25) is 23.6 Å². The van der Waals surface area contributed by atoms with Crippen LogP contribution in [0.4, 0.5) is 15.9 Å². The second kappa shape index (κ2) is 14.0. The van der Waals surface area contributed by atoms with Gasteiger partial charge in [0.1, 0.15) is 17.5 Å². The molecule has 2 N–H and O–H groups in total. The van der Waals surface area contributed by atoms with E-state index < -0.39 is 23.6 Å². The number of amides is 1. The average molecular weight is 854 g/mol. The van der Waals surface area contributed by atoms with Gasteiger partial charge in [0.2, 0.25) is 6.35 Å². The molecule has 0 spiro atoms. The van der Waals surface area contributed by atoms with Crippen LogP contribution in [-0.2, 0) is 16.6 Å². The molecule has 11 rings (SSSR count). The van der Waals surface area contributed by atoms with Gasteiger partial charge < -0.3 is 24.0 Å². The lowest BCUT2D eigenvalue weighted by Gasteiger charge is -2.36. The number of benzene rings is 1. The molecule has 1 saturated heterocycles. The Morgan fingerprint density at radius 3 is 2.51 bits per heavy atom. The van der Waals surface area contributed by atoms with E-state index in [1.807, 2.05) is 47.7 Å². The number of aromatic amines is 1. The zero-order valence-corrected chi connectivity index (χ0v) is 36.0. The number of aryl methyl sites for hydroxylation is 3. The Balaban J connectivity index is 1.01. The summed E-state index contributed by atoms with van der Waals surface area (Å²) in [5.41, 5.74) is 6.80. The van der Waals surface area contributed by atoms with Gasteiger partial charge in [-0.05, 0) is 114 Å². The molecule has 2 fully saturated rings. The number of carbonyl (C=O) groups excluding carboxylic acids is 1. The normalized spacial score (nSPS) is 21.5. The number of pyridine rings is 2. The van der Waals surface area contributed by atoms with Crippen LogP contribution in [0.2, 0.25) is 0 Å². The van der Waals surface area contributed by atoms with Crippen molar-refractivity contribution in [1.29, 1.82) is 0 Å². The first-order valence-corrected chi connectivity index (χ1v) is 21.5. The Morgan fingerprint density at radius 2 is 1.78 bits per heavy atom. The molecule has 1 amide bonds. The van der Waals surface area contributed by atoms with E-state index in [1.54, 1.807) is 52.9 Å². The predicted octanol–water partition coefficient (Wildman–Crippen LogP) is 6.49. The molecule has 63 heavy (non-hydrogen) atoms. The van der Waals surface area contributed by atoms with Crippen molar-refractivity contribution in [1.82, 2.24) is 43.8 Å². The van der Waals surface area contributed by atoms with E-state index in [-0.39, 0.29) is 23.2 Å². The summed E-state index contributed by atoms with van der Waals surface area (Å²) in [6.45, 7) is 12.6. The Labute approximate surface area is 361 Å². The summed E-state index contributed by atoms with van der Waals surface area (Å²) in [4.78, 5) is 35.9. The maximum atomic E-state index is 15.5. The molecule has 7 aromatic rings. The summed E-state index contributed by atoms with van der Waals surface area (Å²) >= 11 is 0. The van der Waals surface area contributed by atoms with Crippen LogP contribution in [0.3, 0.4) is 0 Å². The molecule has 1 saturated carbocycles. The minimum absolute atomic E-state index is 0.180. The third-order valence-corrected chi connectivity index (χ3v) is 13.7. The van der Waals surface area contributed by atoms with Crippen LogP contribution in [0, 0.1) is 26.6 Å². The number of aliphatic hydroxyl groups excluding tert-OH is 1. The molecule has 1 unspecified atom stereocenters. The number of aliphatic hydroxyl groups is 1. The molecule has 4 aliphatic rings. The van der Waals surface area contributed by atoms with Crippen LogP contribution in [0.25, 0.3) is 16.9 Å². The minimum atomic E-state index is -1.21. The minimum Gasteiger partial charge on any atom is -0.376 e. The maximum Gasteiger partial charge on any atom is 0.438 e. The van der Waals surface area contributed by atoms with Crippen LogP contribution < -0.4 is 15.6 Å². The summed E-state index contributed by atoms with van der Waals surface area (Å²) in [5.74, 6) is 0.874. The van der Waals surface area contributed by atoms with Gasteiger partial charge in [0.05, 0.1) is 45.2 Å². The van der Waals surface area contributed by atoms with E-state index in [9.17, 15) is 9.90 Å². The molecule has 16 nitrogen and oxygen atoms in total. The summed E-state index contributed by atoms with van der Waals surface area (Å²) in [6.07, 6.45) is 11.8. The highest BCUT2D eigenvalue weighted by atomic mass is 19.1. The number of fused-ring (bicyclic) bond motifs is 3. The number of hydrogen-bond donors (Lipinski definition) is 2. The molecule has 324 valence electrons. The van der Waals surface area contributed by atoms with E-state index in [0.29, 0.717) is 77.8 Å². The Kier molecular flexibility index (Phi) is 8.70. The molecule has 1 aromatic carbocycles. The average Bonchev–Trinajstić information content (AvgIpc) is 3.71. The Bertz CT molecular complexity index is 3070. The number of anilines is 2. The molecule has 6 aromatic heterocycles. The van der Waals surface area contributed by atoms with E-state index in [4.69, 9.17) is 14.4 Å². The van der Waals surface area contributed by atoms with Gasteiger partial charge in [-0.15, -0.1) is 10.2 Å². The SMILES string of the molecule is Cc1cc(-n2nc3c(c2N2C=CN(c4ccn5c(C)nnc5c4)C2O)[C@H](C)N(C(=O)c2cn4cc([C@@H]5CCOC(C)(C)C5)ccc4c2C2(c4noc(=O)[nH]4)CC2)CC3)cc(C)c1F. The first kappa shape index (κ1) is 39.3. The predicted molar refractivity (Wildman–Crippen MR) is 231 cm³/mol. The monoisotopic (exact) mass is 853 g/mol. The van der Waals surface area contributed by atoms with Crippen molar-refractivity contribution in [3.63, 3.8) is 0 Å². The van der Waals surface area contributed by atoms with Crippen molar-refractivity contribution in [2.45, 2.75) is 103 Å². The smallest absolute Gasteiger partial charge is 0.376 e. The summed E-state index contributed by atoms with van der Waals surface area (Å²) in [5, 5.41) is 30.0. The highest BCUT2D eigenvalue weighted by molar-refractivity contribution is 5.99. The number of hydrogen-bond acceptors (Lipinski definition) is 11. The third-order valence-electron chi connectivity index (χ3n) is 13.7. The van der Waals surface area contributed by atoms with E-state index >= 15 is 9.18 Å². The van der Waals surface area contributed by atoms with E-state index in [2.05, 4.69) is 56.9 Å². The second-order valence-corrected chi connectivity index (χ2v) is 18.2. The van der Waals surface area contributed by atoms with Crippen molar-refractivity contribution in [2.75, 3.05) is 23.0 Å². The van der Waals surface area contributed by atoms with Crippen LogP contribution >= 0.6 is 0 Å². The number of aromatic nitrogens is 8. The van der Waals surface area contributed by atoms with E-state index in [1.165, 1.54) is 5.56 Å². The molecule has 1 aliphatic carbocycles. The van der Waals surface area contributed by atoms with Crippen LogP contribution in [0.5, 0.6) is 0 Å². The molecule has 9 heterocycles. The fourth-order valence-electron chi connectivity index (χ4n) is 10.3. The van der Waals surface area contributed by atoms with Crippen molar-refractivity contribution in [3.8, 4) is 5.69 Å². The van der Waals surface area contributed by atoms with Gasteiger partial charge in [-0.1, -0.05) is 11.2 Å². The van der Waals surface area contributed by atoms with Crippen LogP contribution in [-0.4, -0.2) is 79.9 Å². The fourth-order valence-corrected chi connectivity index (χ4v) is 10.3. The lowest BCUT2D eigenvalue weighted by atomic mass is 9.84. The summed E-state index contributed by atoms with van der Waals surface area (Å²) < 4.78 is 31.9. The van der Waals surface area contributed by atoms with Gasteiger partial charge in [0.15, 0.2) is 11.5 Å². The summed E-state index contributed by atoms with van der Waals surface area (Å²) in [7, 11) is 0. The van der Waals surface area contributed by atoms with Crippen molar-refractivity contribution in [2.24, 2.45) is 0 Å². The molecule has 0 radical (unpaired) electrons. The van der Waals surface area contributed by atoms with Gasteiger partial charge in [0, 0.05) is 67.8 Å². The number of halogens is 1. The first-order valence-electron chi connectivity index (χ1n) is 21.5. The molecule has 3 atom stereocenters. The number of ether oxygens (including phenoxy) is 1. The lowest BCUT2D eigenvalue weighted by molar-refractivity contribution is -0.0593. The van der Waals surface area contributed by atoms with Crippen LogP contribution in [0.15, 0.2) is 76.7 Å². The molecule has 17 heteroatoms. The second-order valence-electron chi connectivity index (χ2n) is 18.2. The summed E-state index contributed by atoms with van der Waals surface area (Å²) in [6, 6.07) is 11.0. The fraction of sp³-hybridized carbons (Fsp3) is 0.391. The number of carbonyl (C=O) groups is 1. The van der Waals surface area contributed by atoms with Crippen molar-refractivity contribution < 1.29 is 23.6 Å². The first-order chi connectivity index (χ1) is 30.2. The maximum absolute atomic E-state index is 15.5. The Morgan fingerprint density at radius 1 is 1.00 bits per heavy atom. The van der Waals surface area contributed by atoms with Gasteiger partial charge in [-0.25, -0.2) is 13.9 Å². The topological polar surface area (TPSA) is 168 Å². The van der Waals surface area contributed by atoms with Crippen molar-refractivity contribution in [3.05, 3.63) is 134 Å². The molecular formula is C46H48FN11O5. The molecule has 3 aliphatic heterocycles. The van der Waals surface area contributed by atoms with Crippen LogP contribution in [0.1, 0.15) is 114 Å². The standard InChI is InChI=1S/C46H48FN11O5/c1-25-19-32(20-26(2)39(25)47)58-40(57-17-16-56(44(57)61)31-9-14-55-28(4)49-50-36(55)21-31)37-27(3)54(15-10-34(37)51-58)41(59)33-24-53-23-30(29-11-18-62-45(5,6)22-29)7-8-35(53)38(33)46(12-13-46)42-48-43(60)63-52-42/h7-9,14,16-17,19-21,23-24,27,29,44,61H,10-13,15,18,22H2,1-6H3,(H,48,52,60)/t27-,29+,44?/m0/s1. The number of H-pyrrole nitrogens is 1. The lowest BCUT2D eigenvalue weighted by Crippen LogP contribution is -2.42. The highest BCUT2D eigenvalue weighted by Crippen LogP contribution is 2.55. The third kappa shape index (κ3) is 6.14. The highest BCUT2D eigenvalue weighted by Gasteiger charge is 2.53. The number of nitrogens with one attached hydrogen (secondary N) is 1. The number of nitrogens with zero attached hydrogens (tertiary/aromatic N) is 10. The zero-order chi connectivity index (χ0) is 43.7. The number of rotatable bonds is 7. The molecular weight excluding hydrogens is 806 g/mol.